The summed E-state index contributed by atoms with van der Waals surface area (Å²) in [7, 11) is -5.15. The molecule has 2 unspecified atom stereocenters. The molecule has 3 fully saturated rings. The fourth-order valence-corrected chi connectivity index (χ4v) is 13.9. The number of carbonyl (C=O) groups is 2. The van der Waals surface area contributed by atoms with Gasteiger partial charge in [0.1, 0.15) is 43.9 Å². The number of carbonyl (C=O) groups excluding carboxylic acids is 2. The minimum absolute atomic E-state index is 0.0467. The molecule has 92 heavy (non-hydrogen) atoms. The molecule has 2 aromatic rings. The van der Waals surface area contributed by atoms with Crippen LogP contribution in [0.15, 0.2) is 63.7 Å². The summed E-state index contributed by atoms with van der Waals surface area (Å²) in [4.78, 5) is 43.7. The quantitative estimate of drug-likeness (QED) is 0.0375. The second kappa shape index (κ2) is 33.3. The molecule has 2 amide bonds. The molecule has 0 N–H and O–H groups in total. The Hall–Kier alpha value is -4.06. The van der Waals surface area contributed by atoms with Crippen molar-refractivity contribution < 1.29 is 47.3 Å². The van der Waals surface area contributed by atoms with E-state index in [1.807, 2.05) is 90.8 Å². The van der Waals surface area contributed by atoms with E-state index < -0.39 is 43.5 Å². The Kier molecular flexibility index (Phi) is 28.4. The summed E-state index contributed by atoms with van der Waals surface area (Å²) in [6.07, 6.45) is 11.5. The van der Waals surface area contributed by atoms with E-state index in [-0.39, 0.29) is 42.3 Å². The molecule has 26 heteroatoms. The number of anilines is 1. The predicted molar refractivity (Wildman–Crippen MR) is 391 cm³/mol. The maximum Gasteiger partial charge on any atom is 0.486 e. The summed E-state index contributed by atoms with van der Waals surface area (Å²) < 4.78 is 50.1. The molecule has 0 aromatic carbocycles. The number of hydrogen-bond donors (Lipinski definition) is 0. The molecule has 7 heterocycles. The molecule has 5 aliphatic heterocycles. The Morgan fingerprint density at radius 2 is 1.14 bits per heavy atom. The number of likely N-dealkylation sites (tertiary alicyclic amines) is 2. The second-order valence-electron chi connectivity index (χ2n) is 32.6. The lowest BCUT2D eigenvalue weighted by Crippen LogP contribution is -2.46. The molecule has 0 aliphatic carbocycles. The van der Waals surface area contributed by atoms with Crippen LogP contribution in [0.25, 0.3) is 11.7 Å². The summed E-state index contributed by atoms with van der Waals surface area (Å²) in [6, 6.07) is 6.28. The first-order chi connectivity index (χ1) is 42.5. The van der Waals surface area contributed by atoms with E-state index in [1.165, 1.54) is 0 Å². The number of nitrogens with zero attached hydrogens (tertiary/aromatic N) is 10. The van der Waals surface area contributed by atoms with E-state index in [0.29, 0.717) is 85.4 Å². The van der Waals surface area contributed by atoms with Crippen molar-refractivity contribution in [3.63, 3.8) is 0 Å². The van der Waals surface area contributed by atoms with E-state index in [9.17, 15) is 9.59 Å². The van der Waals surface area contributed by atoms with Crippen LogP contribution in [0.1, 0.15) is 112 Å². The van der Waals surface area contributed by atoms with E-state index in [1.54, 1.807) is 28.2 Å². The summed E-state index contributed by atoms with van der Waals surface area (Å²) in [5.41, 5.74) is 1.95. The molecular formula is C66H117BBrN10O10Si4+. The molecule has 0 radical (unpaired) electrons. The van der Waals surface area contributed by atoms with E-state index in [0.717, 1.165) is 88.6 Å². The predicted octanol–water partition coefficient (Wildman–Crippen LogP) is 15.3. The zero-order chi connectivity index (χ0) is 68.8. The molecule has 2 atom stereocenters. The normalized spacial score (nSPS) is 19.3. The molecule has 0 saturated carbocycles. The first-order valence-electron chi connectivity index (χ1n) is 33.2. The lowest BCUT2D eigenvalue weighted by atomic mass is 9.90. The van der Waals surface area contributed by atoms with E-state index in [4.69, 9.17) is 47.7 Å². The van der Waals surface area contributed by atoms with Crippen molar-refractivity contribution in [3.8, 4) is 0 Å². The van der Waals surface area contributed by atoms with Crippen molar-refractivity contribution in [1.29, 1.82) is 0 Å². The molecule has 3 saturated heterocycles. The highest BCUT2D eigenvalue weighted by molar-refractivity contribution is 9.12. The zero-order valence-electron chi connectivity index (χ0n) is 60.6. The third kappa shape index (κ3) is 25.2. The fourth-order valence-electron chi connectivity index (χ4n) is 10.1. The van der Waals surface area contributed by atoms with Gasteiger partial charge in [-0.15, -0.1) is 11.6 Å². The minimum atomic E-state index is -1.23. The standard InChI is InChI=1S/C30H53N5O4Si2.C28H49BrN5O4Si2.C8H15BO2/c1-11-25-27(24-13-12-16-33(21-24)29(36)39-30(2,3)4)32-26-14-15-31-35(26)28(25)34(22-37-17-19-40(5,6)7)23-38-18-20-41(8,9)10;1-28(2,3)38-27(35)32-14-10-11-22(19-32)25-24(29)26(34-23(31-25)12-13-30-34)33(20-36-15-17-39(4,5)6)21-37-16-18-40(7,8)9;1-6-9-10-7(2,3)8(4,5)11-9/h11,14-15,24H,1,12-13,16-23H2,2-10H3;12,22H,10-11,14-21H2,1-9H3;6H,1H2,2-5H3/q;+1;. The average molecular weight is 1410 g/mol. The van der Waals surface area contributed by atoms with Crippen LogP contribution in [-0.2, 0) is 37.7 Å². The zero-order valence-corrected chi connectivity index (χ0v) is 66.2. The van der Waals surface area contributed by atoms with Gasteiger partial charge in [0.25, 0.3) is 0 Å². The lowest BCUT2D eigenvalue weighted by molar-refractivity contribution is -0.0330. The van der Waals surface area contributed by atoms with Crippen LogP contribution in [0.2, 0.25) is 103 Å². The summed E-state index contributed by atoms with van der Waals surface area (Å²) in [5.74, 6) is 4.17. The topological polar surface area (TPSA) is 179 Å². The highest BCUT2D eigenvalue weighted by Gasteiger charge is 2.50. The number of piperidine rings is 2. The Labute approximate surface area is 566 Å². The number of halogens is 1. The first kappa shape index (κ1) is 78.6. The number of amides is 2. The number of hydrogen-bond acceptors (Lipinski definition) is 17. The largest absolute Gasteiger partial charge is 0.486 e. The monoisotopic (exact) mass is 1410 g/mol. The van der Waals surface area contributed by atoms with Gasteiger partial charge in [0, 0.05) is 113 Å². The van der Waals surface area contributed by atoms with Crippen LogP contribution >= 0.6 is 15.9 Å². The van der Waals surface area contributed by atoms with Gasteiger partial charge in [0.15, 0.2) is 11.5 Å². The van der Waals surface area contributed by atoms with Gasteiger partial charge in [-0.3, -0.25) is 0 Å². The van der Waals surface area contributed by atoms with Crippen molar-refractivity contribution in [2.45, 2.75) is 226 Å². The van der Waals surface area contributed by atoms with Gasteiger partial charge in [0.2, 0.25) is 12.3 Å². The van der Waals surface area contributed by atoms with E-state index >= 15 is 0 Å². The van der Waals surface area contributed by atoms with Crippen molar-refractivity contribution in [2.24, 2.45) is 16.0 Å². The number of aliphatic imine (C=N–C) groups is 1. The van der Waals surface area contributed by atoms with Crippen LogP contribution in [0.3, 0.4) is 0 Å². The van der Waals surface area contributed by atoms with Gasteiger partial charge in [-0.05, 0) is 135 Å². The first-order valence-corrected chi connectivity index (χ1v) is 48.8. The number of fused-ring (bicyclic) bond motifs is 2. The molecule has 5 aliphatic rings. The highest BCUT2D eigenvalue weighted by Crippen LogP contribution is 2.40. The minimum Gasteiger partial charge on any atom is -0.444 e. The lowest BCUT2D eigenvalue weighted by Gasteiger charge is -2.36. The Morgan fingerprint density at radius 1 is 0.707 bits per heavy atom. The molecular weight excluding hydrogens is 1300 g/mol. The van der Waals surface area contributed by atoms with Gasteiger partial charge in [-0.25, -0.2) is 14.6 Å². The van der Waals surface area contributed by atoms with E-state index in [2.05, 4.69) is 134 Å². The number of aromatic nitrogens is 3. The highest BCUT2D eigenvalue weighted by atomic mass is 79.9. The van der Waals surface area contributed by atoms with Crippen molar-refractivity contribution >= 4 is 97.0 Å². The molecule has 20 nitrogen and oxygen atoms in total. The van der Waals surface area contributed by atoms with Crippen LogP contribution < -0.4 is 4.90 Å². The molecule has 516 valence electrons. The molecule has 0 spiro atoms. The van der Waals surface area contributed by atoms with Crippen molar-refractivity contribution in [2.75, 3.05) is 84.4 Å². The number of allylic oxidation sites excluding steroid dienone is 2. The maximum absolute atomic E-state index is 12.9. The van der Waals surface area contributed by atoms with Gasteiger partial charge in [0.05, 0.1) is 33.3 Å². The second-order valence-corrected chi connectivity index (χ2v) is 55.9. The van der Waals surface area contributed by atoms with Crippen molar-refractivity contribution in [1.82, 2.24) is 34.3 Å². The maximum atomic E-state index is 12.9. The SMILES string of the molecule is C=CB1OC(C)(C)C(C)(C)O1.C=Cc1c(C2CCCN(C(=O)OC(C)(C)C)C2)nc2ccnn2c1N(COCC[Si](C)(C)C)COCC[Si](C)(C)C.CC(C)(C)OC(=O)N1CCCC(C2=NC3=C[C+]=NN3C(N(COCC[Si](C)(C)C)COCC[Si](C)(C)C)=C2Br)C1. The van der Waals surface area contributed by atoms with Crippen molar-refractivity contribution in [3.05, 3.63) is 64.9 Å². The molecule has 7 rings (SSSR count). The van der Waals surface area contributed by atoms with Crippen LogP contribution in [0, 0.1) is 5.92 Å². The van der Waals surface area contributed by atoms with Gasteiger partial charge in [-0.1, -0.05) is 102 Å². The number of rotatable bonds is 26. The van der Waals surface area contributed by atoms with Crippen LogP contribution in [0.4, 0.5) is 15.4 Å². The Bertz CT molecular complexity index is 2840. The number of hydrazone groups is 1. The average Bonchev–Trinajstić information content (AvgIpc) is 1.47. The summed E-state index contributed by atoms with van der Waals surface area (Å²) >= 11 is 3.90. The fraction of sp³-hybridized carbons (Fsp3) is 0.727. The number of ether oxygens (including phenoxy) is 6. The van der Waals surface area contributed by atoms with Gasteiger partial charge >= 0.3 is 25.1 Å². The third-order valence-corrected chi connectivity index (χ3v) is 23.7. The van der Waals surface area contributed by atoms with Crippen LogP contribution in [-0.4, -0.2) is 200 Å². The Morgan fingerprint density at radius 3 is 1.55 bits per heavy atom. The van der Waals surface area contributed by atoms with Gasteiger partial charge < -0.3 is 57.3 Å². The smallest absolute Gasteiger partial charge is 0.444 e. The molecule has 0 bridgehead atoms. The third-order valence-electron chi connectivity index (χ3n) is 16.2. The Balaban J connectivity index is 0.000000286. The van der Waals surface area contributed by atoms with Crippen LogP contribution in [0.5, 0.6) is 0 Å². The summed E-state index contributed by atoms with van der Waals surface area (Å²) in [5, 5.41) is 10.9. The van der Waals surface area contributed by atoms with Gasteiger partial charge in [-0.2, -0.15) is 9.61 Å². The molecule has 2 aromatic heterocycles. The summed E-state index contributed by atoms with van der Waals surface area (Å²) in [6.45, 7) is 62.4.